The third-order valence-electron chi connectivity index (χ3n) is 5.79. The summed E-state index contributed by atoms with van der Waals surface area (Å²) in [6.45, 7) is 0.563. The van der Waals surface area contributed by atoms with Crippen molar-refractivity contribution in [2.45, 2.75) is 44.6 Å². The van der Waals surface area contributed by atoms with Gasteiger partial charge < -0.3 is 9.64 Å². The summed E-state index contributed by atoms with van der Waals surface area (Å²) in [5, 5.41) is 5.72. The highest BCUT2D eigenvalue weighted by atomic mass is 16.5. The molecule has 1 aliphatic carbocycles. The highest BCUT2D eigenvalue weighted by Gasteiger charge is 2.39. The van der Waals surface area contributed by atoms with Crippen LogP contribution >= 0.6 is 0 Å². The van der Waals surface area contributed by atoms with E-state index < -0.39 is 11.9 Å². The number of hydrogen-bond acceptors (Lipinski definition) is 5. The van der Waals surface area contributed by atoms with Gasteiger partial charge in [0, 0.05) is 25.4 Å². The molecule has 1 aromatic carbocycles. The van der Waals surface area contributed by atoms with Gasteiger partial charge in [-0.25, -0.2) is 5.01 Å². The SMILES string of the molecule is O=C(OCC(=O)N1CCC(c2ccccc2)=N1)[C@@H]1CC(=O)N(C2CCCC2)C1. The minimum absolute atomic E-state index is 0.0248. The summed E-state index contributed by atoms with van der Waals surface area (Å²) < 4.78 is 5.22. The Morgan fingerprint density at radius 3 is 2.64 bits per heavy atom. The van der Waals surface area contributed by atoms with Gasteiger partial charge in [-0.1, -0.05) is 43.2 Å². The molecule has 2 heterocycles. The minimum Gasteiger partial charge on any atom is -0.455 e. The van der Waals surface area contributed by atoms with E-state index in [9.17, 15) is 14.4 Å². The van der Waals surface area contributed by atoms with Crippen molar-refractivity contribution in [2.75, 3.05) is 19.7 Å². The molecule has 2 aliphatic heterocycles. The molecule has 0 spiro atoms. The second kappa shape index (κ2) is 8.12. The number of hydrazone groups is 1. The first-order chi connectivity index (χ1) is 13.6. The second-order valence-electron chi connectivity index (χ2n) is 7.67. The van der Waals surface area contributed by atoms with Crippen LogP contribution in [0, 0.1) is 5.92 Å². The van der Waals surface area contributed by atoms with E-state index in [1.54, 1.807) is 0 Å². The molecule has 28 heavy (non-hydrogen) atoms. The largest absolute Gasteiger partial charge is 0.455 e. The molecule has 0 bridgehead atoms. The van der Waals surface area contributed by atoms with E-state index in [0.717, 1.165) is 37.0 Å². The molecular formula is C21H25N3O4. The molecule has 2 fully saturated rings. The zero-order valence-corrected chi connectivity index (χ0v) is 15.9. The van der Waals surface area contributed by atoms with Gasteiger partial charge in [-0.15, -0.1) is 0 Å². The van der Waals surface area contributed by atoms with Crippen molar-refractivity contribution in [1.29, 1.82) is 0 Å². The maximum Gasteiger partial charge on any atom is 0.311 e. The van der Waals surface area contributed by atoms with Crippen molar-refractivity contribution in [3.63, 3.8) is 0 Å². The van der Waals surface area contributed by atoms with Crippen molar-refractivity contribution in [2.24, 2.45) is 11.0 Å². The fraction of sp³-hybridized carbons (Fsp3) is 0.524. The summed E-state index contributed by atoms with van der Waals surface area (Å²) in [4.78, 5) is 38.7. The summed E-state index contributed by atoms with van der Waals surface area (Å²) in [5.41, 5.74) is 1.85. The standard InChI is InChI=1S/C21H25N3O4/c25-19-12-16(13-23(19)17-8-4-5-9-17)21(27)28-14-20(26)24-11-10-18(22-24)15-6-2-1-3-7-15/h1-3,6-7,16-17H,4-5,8-14H2/t16-/m1/s1. The molecule has 2 amide bonds. The normalized spacial score (nSPS) is 22.6. The number of ether oxygens (including phenoxy) is 1. The predicted molar refractivity (Wildman–Crippen MR) is 102 cm³/mol. The molecule has 1 aromatic rings. The van der Waals surface area contributed by atoms with Gasteiger partial charge in [0.15, 0.2) is 6.61 Å². The number of carbonyl (C=O) groups is 3. The van der Waals surface area contributed by atoms with Crippen molar-refractivity contribution < 1.29 is 19.1 Å². The Kier molecular flexibility index (Phi) is 5.41. The molecule has 7 nitrogen and oxygen atoms in total. The Hall–Kier alpha value is -2.70. The number of nitrogens with zero attached hydrogens (tertiary/aromatic N) is 3. The first kappa shape index (κ1) is 18.7. The zero-order chi connectivity index (χ0) is 19.5. The number of likely N-dealkylation sites (tertiary alicyclic amines) is 1. The third kappa shape index (κ3) is 3.93. The van der Waals surface area contributed by atoms with Crippen LogP contribution in [0.2, 0.25) is 0 Å². The van der Waals surface area contributed by atoms with E-state index in [1.807, 2.05) is 35.2 Å². The molecule has 3 aliphatic rings. The van der Waals surface area contributed by atoms with E-state index in [0.29, 0.717) is 19.5 Å². The van der Waals surface area contributed by atoms with Crippen molar-refractivity contribution in [3.05, 3.63) is 35.9 Å². The lowest BCUT2D eigenvalue weighted by atomic mass is 10.1. The molecule has 0 radical (unpaired) electrons. The van der Waals surface area contributed by atoms with Crippen LogP contribution < -0.4 is 0 Å². The van der Waals surface area contributed by atoms with Gasteiger partial charge in [0.2, 0.25) is 5.91 Å². The van der Waals surface area contributed by atoms with Crippen LogP contribution in [0.3, 0.4) is 0 Å². The summed E-state index contributed by atoms with van der Waals surface area (Å²) in [5.74, 6) is -1.25. The Balaban J connectivity index is 1.27. The van der Waals surface area contributed by atoms with E-state index >= 15 is 0 Å². The topological polar surface area (TPSA) is 79.3 Å². The van der Waals surface area contributed by atoms with Gasteiger partial charge in [-0.3, -0.25) is 14.4 Å². The first-order valence-electron chi connectivity index (χ1n) is 10.0. The second-order valence-corrected chi connectivity index (χ2v) is 7.67. The number of carbonyl (C=O) groups excluding carboxylic acids is 3. The fourth-order valence-electron chi connectivity index (χ4n) is 4.25. The van der Waals surface area contributed by atoms with Crippen LogP contribution in [0.15, 0.2) is 35.4 Å². The van der Waals surface area contributed by atoms with E-state index in [4.69, 9.17) is 4.74 Å². The summed E-state index contributed by atoms with van der Waals surface area (Å²) in [7, 11) is 0. The first-order valence-corrected chi connectivity index (χ1v) is 10.0. The highest BCUT2D eigenvalue weighted by Crippen LogP contribution is 2.29. The summed E-state index contributed by atoms with van der Waals surface area (Å²) in [6, 6.07) is 9.98. The van der Waals surface area contributed by atoms with E-state index in [-0.39, 0.29) is 30.9 Å². The lowest BCUT2D eigenvalue weighted by Gasteiger charge is -2.23. The predicted octanol–water partition coefficient (Wildman–Crippen LogP) is 1.96. The van der Waals surface area contributed by atoms with Crippen LogP contribution in [0.25, 0.3) is 0 Å². The molecule has 1 saturated heterocycles. The quantitative estimate of drug-likeness (QED) is 0.728. The van der Waals surface area contributed by atoms with Gasteiger partial charge in [-0.2, -0.15) is 5.10 Å². The molecule has 148 valence electrons. The fourth-order valence-corrected chi connectivity index (χ4v) is 4.25. The zero-order valence-electron chi connectivity index (χ0n) is 15.9. The Morgan fingerprint density at radius 2 is 1.89 bits per heavy atom. The molecule has 7 heteroatoms. The van der Waals surface area contributed by atoms with Crippen molar-refractivity contribution in [3.8, 4) is 0 Å². The smallest absolute Gasteiger partial charge is 0.311 e. The lowest BCUT2D eigenvalue weighted by Crippen LogP contribution is -2.35. The lowest BCUT2D eigenvalue weighted by molar-refractivity contribution is -0.155. The average Bonchev–Trinajstić information content (AvgIpc) is 3.46. The Labute approximate surface area is 164 Å². The minimum atomic E-state index is -0.470. The van der Waals surface area contributed by atoms with Gasteiger partial charge in [0.1, 0.15) is 0 Å². The van der Waals surface area contributed by atoms with E-state index in [1.165, 1.54) is 5.01 Å². The van der Waals surface area contributed by atoms with Gasteiger partial charge in [-0.05, 0) is 18.4 Å². The van der Waals surface area contributed by atoms with Crippen molar-refractivity contribution in [1.82, 2.24) is 9.91 Å². The van der Waals surface area contributed by atoms with Crippen LogP contribution in [0.5, 0.6) is 0 Å². The Morgan fingerprint density at radius 1 is 1.14 bits per heavy atom. The molecule has 0 N–H and O–H groups in total. The molecule has 1 atom stereocenters. The van der Waals surface area contributed by atoms with Gasteiger partial charge in [0.25, 0.3) is 5.91 Å². The molecule has 0 unspecified atom stereocenters. The van der Waals surface area contributed by atoms with Crippen LogP contribution in [-0.2, 0) is 19.1 Å². The molecule has 0 aromatic heterocycles. The number of rotatable bonds is 5. The van der Waals surface area contributed by atoms with Crippen LogP contribution in [-0.4, -0.2) is 59.1 Å². The summed E-state index contributed by atoms with van der Waals surface area (Å²) >= 11 is 0. The van der Waals surface area contributed by atoms with Crippen LogP contribution in [0.4, 0.5) is 0 Å². The number of hydrogen-bond donors (Lipinski definition) is 0. The summed E-state index contributed by atoms with van der Waals surface area (Å²) in [6.07, 6.45) is 5.17. The molecule has 4 rings (SSSR count). The molecule has 1 saturated carbocycles. The maximum atomic E-state index is 12.3. The monoisotopic (exact) mass is 383 g/mol. The maximum absolute atomic E-state index is 12.3. The van der Waals surface area contributed by atoms with Gasteiger partial charge >= 0.3 is 5.97 Å². The van der Waals surface area contributed by atoms with Crippen LogP contribution in [0.1, 0.15) is 44.1 Å². The van der Waals surface area contributed by atoms with Crippen molar-refractivity contribution >= 4 is 23.5 Å². The van der Waals surface area contributed by atoms with Gasteiger partial charge in [0.05, 0.1) is 18.2 Å². The number of amides is 2. The number of benzene rings is 1. The number of esters is 1. The highest BCUT2D eigenvalue weighted by molar-refractivity contribution is 6.02. The molecular weight excluding hydrogens is 358 g/mol. The third-order valence-corrected chi connectivity index (χ3v) is 5.79. The Bertz CT molecular complexity index is 786. The average molecular weight is 383 g/mol. The van der Waals surface area contributed by atoms with E-state index in [2.05, 4.69) is 5.10 Å².